The second-order valence-corrected chi connectivity index (χ2v) is 3.90. The van der Waals surface area contributed by atoms with Gasteiger partial charge in [0.05, 0.1) is 12.7 Å². The lowest BCUT2D eigenvalue weighted by Gasteiger charge is -2.30. The summed E-state index contributed by atoms with van der Waals surface area (Å²) in [4.78, 5) is 24.2. The third kappa shape index (κ3) is 2.47. The monoisotopic (exact) mass is 239 g/mol. The first kappa shape index (κ1) is 11.7. The first-order valence-corrected chi connectivity index (χ1v) is 5.32. The van der Waals surface area contributed by atoms with E-state index in [0.717, 1.165) is 0 Å². The Morgan fingerprint density at radius 3 is 2.71 bits per heavy atom. The van der Waals surface area contributed by atoms with Gasteiger partial charge in [0.1, 0.15) is 0 Å². The van der Waals surface area contributed by atoms with Gasteiger partial charge in [-0.25, -0.2) is 4.79 Å². The van der Waals surface area contributed by atoms with Gasteiger partial charge in [-0.05, 0) is 19.1 Å². The molecule has 1 aromatic rings. The summed E-state index contributed by atoms with van der Waals surface area (Å²) in [6, 6.07) is 2.66. The van der Waals surface area contributed by atoms with E-state index in [1.165, 1.54) is 12.1 Å². The second kappa shape index (κ2) is 4.58. The van der Waals surface area contributed by atoms with Crippen LogP contribution in [0.3, 0.4) is 0 Å². The van der Waals surface area contributed by atoms with Gasteiger partial charge in [-0.3, -0.25) is 4.79 Å². The predicted molar refractivity (Wildman–Crippen MR) is 57.0 cm³/mol. The quantitative estimate of drug-likeness (QED) is 0.827. The number of carboxylic acid groups (broad SMARTS) is 1. The zero-order valence-corrected chi connectivity index (χ0v) is 9.38. The van der Waals surface area contributed by atoms with Crippen LogP contribution in [-0.2, 0) is 4.74 Å². The van der Waals surface area contributed by atoms with Crippen molar-refractivity contribution in [1.82, 2.24) is 4.90 Å². The predicted octanol–water partition coefficient (Wildman–Crippen LogP) is 0.839. The zero-order valence-electron chi connectivity index (χ0n) is 9.38. The molecular formula is C11H13NO5. The van der Waals surface area contributed by atoms with Crippen molar-refractivity contribution in [2.24, 2.45) is 0 Å². The molecular weight excluding hydrogens is 226 g/mol. The van der Waals surface area contributed by atoms with Crippen molar-refractivity contribution < 1.29 is 23.8 Å². The maximum atomic E-state index is 12.0. The highest BCUT2D eigenvalue weighted by atomic mass is 16.5. The van der Waals surface area contributed by atoms with Gasteiger partial charge in [-0.2, -0.15) is 0 Å². The molecule has 1 aromatic heterocycles. The summed E-state index contributed by atoms with van der Waals surface area (Å²) in [6.45, 7) is 3.35. The molecule has 0 aliphatic carbocycles. The number of carbonyl (C=O) groups excluding carboxylic acids is 1. The summed E-state index contributed by atoms with van der Waals surface area (Å²) in [5.74, 6) is -1.65. The van der Waals surface area contributed by atoms with E-state index in [2.05, 4.69) is 0 Å². The maximum Gasteiger partial charge on any atom is 0.371 e. The van der Waals surface area contributed by atoms with Crippen molar-refractivity contribution in [3.8, 4) is 0 Å². The number of aromatic carboxylic acids is 1. The highest BCUT2D eigenvalue weighted by Crippen LogP contribution is 2.13. The smallest absolute Gasteiger partial charge is 0.371 e. The maximum absolute atomic E-state index is 12.0. The van der Waals surface area contributed by atoms with Crippen LogP contribution in [0.25, 0.3) is 0 Å². The molecule has 2 rings (SSSR count). The summed E-state index contributed by atoms with van der Waals surface area (Å²) in [6.07, 6.45) is -0.0124. The molecule has 1 aliphatic heterocycles. The Bertz CT molecular complexity index is 439. The van der Waals surface area contributed by atoms with Crippen LogP contribution >= 0.6 is 0 Å². The summed E-state index contributed by atoms with van der Waals surface area (Å²) in [7, 11) is 0. The molecule has 1 aliphatic rings. The summed E-state index contributed by atoms with van der Waals surface area (Å²) in [5, 5.41) is 8.69. The van der Waals surface area contributed by atoms with Crippen molar-refractivity contribution in [2.75, 3.05) is 19.7 Å². The molecule has 2 heterocycles. The number of morpholine rings is 1. The van der Waals surface area contributed by atoms with Crippen LogP contribution in [0.4, 0.5) is 0 Å². The van der Waals surface area contributed by atoms with Crippen LogP contribution in [0, 0.1) is 0 Å². The number of carboxylic acids is 1. The van der Waals surface area contributed by atoms with E-state index in [4.69, 9.17) is 14.3 Å². The fourth-order valence-electron chi connectivity index (χ4n) is 1.73. The van der Waals surface area contributed by atoms with Gasteiger partial charge >= 0.3 is 5.97 Å². The molecule has 0 saturated carbocycles. The topological polar surface area (TPSA) is 80.0 Å². The fourth-order valence-corrected chi connectivity index (χ4v) is 1.73. The Balaban J connectivity index is 2.10. The minimum absolute atomic E-state index is 0.0124. The van der Waals surface area contributed by atoms with E-state index in [0.29, 0.717) is 19.7 Å². The Morgan fingerprint density at radius 2 is 2.12 bits per heavy atom. The van der Waals surface area contributed by atoms with Gasteiger partial charge in [0, 0.05) is 13.1 Å². The number of furan rings is 1. The van der Waals surface area contributed by atoms with E-state index in [1.807, 2.05) is 6.92 Å². The highest BCUT2D eigenvalue weighted by molar-refractivity contribution is 5.93. The lowest BCUT2D eigenvalue weighted by atomic mass is 10.3. The minimum atomic E-state index is -1.18. The highest BCUT2D eigenvalue weighted by Gasteiger charge is 2.25. The van der Waals surface area contributed by atoms with E-state index in [1.54, 1.807) is 4.90 Å². The van der Waals surface area contributed by atoms with Gasteiger partial charge in [0.15, 0.2) is 5.76 Å². The lowest BCUT2D eigenvalue weighted by Crippen LogP contribution is -2.44. The fraction of sp³-hybridized carbons (Fsp3) is 0.455. The lowest BCUT2D eigenvalue weighted by molar-refractivity contribution is -0.0135. The van der Waals surface area contributed by atoms with Crippen LogP contribution in [-0.4, -0.2) is 47.7 Å². The second-order valence-electron chi connectivity index (χ2n) is 3.90. The molecule has 6 nitrogen and oxygen atoms in total. The molecule has 0 bridgehead atoms. The van der Waals surface area contributed by atoms with Crippen LogP contribution in [0.1, 0.15) is 28.0 Å². The molecule has 1 amide bonds. The first-order valence-electron chi connectivity index (χ1n) is 5.32. The Labute approximate surface area is 97.8 Å². The molecule has 17 heavy (non-hydrogen) atoms. The van der Waals surface area contributed by atoms with E-state index in [-0.39, 0.29) is 23.5 Å². The van der Waals surface area contributed by atoms with Crippen molar-refractivity contribution in [1.29, 1.82) is 0 Å². The molecule has 0 spiro atoms. The molecule has 92 valence electrons. The van der Waals surface area contributed by atoms with Crippen LogP contribution < -0.4 is 0 Å². The van der Waals surface area contributed by atoms with Crippen LogP contribution in [0.15, 0.2) is 16.5 Å². The number of ether oxygens (including phenoxy) is 1. The number of nitrogens with zero attached hydrogens (tertiary/aromatic N) is 1. The molecule has 6 heteroatoms. The van der Waals surface area contributed by atoms with Crippen LogP contribution in [0.2, 0.25) is 0 Å². The molecule has 1 fully saturated rings. The molecule has 1 unspecified atom stereocenters. The average Bonchev–Trinajstić information content (AvgIpc) is 2.77. The Kier molecular flexibility index (Phi) is 3.14. The van der Waals surface area contributed by atoms with Gasteiger partial charge in [-0.1, -0.05) is 0 Å². The summed E-state index contributed by atoms with van der Waals surface area (Å²) < 4.78 is 10.3. The number of carbonyl (C=O) groups is 2. The number of hydrogen-bond acceptors (Lipinski definition) is 4. The van der Waals surface area contributed by atoms with Gasteiger partial charge in [0.2, 0.25) is 5.76 Å². The third-order valence-electron chi connectivity index (χ3n) is 2.56. The van der Waals surface area contributed by atoms with Gasteiger partial charge in [0.25, 0.3) is 5.91 Å². The first-order chi connectivity index (χ1) is 8.08. The number of hydrogen-bond donors (Lipinski definition) is 1. The normalized spacial score (nSPS) is 20.3. The van der Waals surface area contributed by atoms with Crippen LogP contribution in [0.5, 0.6) is 0 Å². The van der Waals surface area contributed by atoms with Crippen molar-refractivity contribution in [2.45, 2.75) is 13.0 Å². The largest absolute Gasteiger partial charge is 0.475 e. The molecule has 0 aromatic carbocycles. The third-order valence-corrected chi connectivity index (χ3v) is 2.56. The SMILES string of the molecule is CC1CN(C(=O)c2ccc(C(=O)O)o2)CCO1. The van der Waals surface area contributed by atoms with Crippen molar-refractivity contribution in [3.63, 3.8) is 0 Å². The molecule has 1 saturated heterocycles. The van der Waals surface area contributed by atoms with Crippen molar-refractivity contribution >= 4 is 11.9 Å². The number of rotatable bonds is 2. The molecule has 1 atom stereocenters. The molecule has 1 N–H and O–H groups in total. The molecule has 0 radical (unpaired) electrons. The van der Waals surface area contributed by atoms with E-state index >= 15 is 0 Å². The zero-order chi connectivity index (χ0) is 12.4. The Hall–Kier alpha value is -1.82. The Morgan fingerprint density at radius 1 is 1.41 bits per heavy atom. The minimum Gasteiger partial charge on any atom is -0.475 e. The van der Waals surface area contributed by atoms with E-state index < -0.39 is 5.97 Å². The van der Waals surface area contributed by atoms with Gasteiger partial charge < -0.3 is 19.2 Å². The summed E-state index contributed by atoms with van der Waals surface area (Å²) >= 11 is 0. The standard InChI is InChI=1S/C11H13NO5/c1-7-6-12(4-5-16-7)10(13)8-2-3-9(17-8)11(14)15/h2-3,7H,4-6H2,1H3,(H,14,15). The number of amides is 1. The van der Waals surface area contributed by atoms with Gasteiger partial charge in [-0.15, -0.1) is 0 Å². The van der Waals surface area contributed by atoms with E-state index in [9.17, 15) is 9.59 Å². The van der Waals surface area contributed by atoms with Crippen molar-refractivity contribution in [3.05, 3.63) is 23.7 Å². The average molecular weight is 239 g/mol. The summed E-state index contributed by atoms with van der Waals surface area (Å²) in [5.41, 5.74) is 0.